The van der Waals surface area contributed by atoms with Crippen molar-refractivity contribution in [2.24, 2.45) is 0 Å². The maximum atomic E-state index is 11.9. The first-order valence-corrected chi connectivity index (χ1v) is 9.02. The predicted octanol–water partition coefficient (Wildman–Crippen LogP) is 1.79. The van der Waals surface area contributed by atoms with Crippen LogP contribution < -0.4 is 5.32 Å². The lowest BCUT2D eigenvalue weighted by atomic mass is 10.1. The minimum atomic E-state index is -0.697. The molecule has 0 radical (unpaired) electrons. The van der Waals surface area contributed by atoms with E-state index in [0.717, 1.165) is 16.5 Å². The summed E-state index contributed by atoms with van der Waals surface area (Å²) in [6, 6.07) is 7.89. The number of H-pyrrole nitrogens is 1. The third-order valence-corrected chi connectivity index (χ3v) is 4.56. The Bertz CT molecular complexity index is 1070. The molecular weight excluding hydrogens is 378 g/mol. The molecule has 10 nitrogen and oxygen atoms in total. The van der Waals surface area contributed by atoms with Crippen LogP contribution in [-0.2, 0) is 27.3 Å². The van der Waals surface area contributed by atoms with Gasteiger partial charge in [0.15, 0.2) is 6.61 Å². The Hall–Kier alpha value is -3.69. The van der Waals surface area contributed by atoms with Crippen LogP contribution in [0.3, 0.4) is 0 Å². The highest BCUT2D eigenvalue weighted by atomic mass is 16.6. The van der Waals surface area contributed by atoms with Crippen LogP contribution in [0.15, 0.2) is 30.5 Å². The van der Waals surface area contributed by atoms with E-state index in [1.807, 2.05) is 30.5 Å². The number of nitrogens with one attached hydrogen (secondary N) is 2. The smallest absolute Gasteiger partial charge is 0.328 e. The van der Waals surface area contributed by atoms with Gasteiger partial charge in [-0.3, -0.25) is 24.4 Å². The Kier molecular flexibility index (Phi) is 5.91. The molecule has 0 saturated carbocycles. The van der Waals surface area contributed by atoms with Gasteiger partial charge in [-0.2, -0.15) is 5.10 Å². The van der Waals surface area contributed by atoms with Gasteiger partial charge in [0.2, 0.25) is 0 Å². The molecule has 1 amide bonds. The first-order chi connectivity index (χ1) is 13.9. The Labute approximate surface area is 166 Å². The first-order valence-electron chi connectivity index (χ1n) is 9.02. The number of aromatic amines is 1. The van der Waals surface area contributed by atoms with Crippen LogP contribution in [-0.4, -0.2) is 44.7 Å². The van der Waals surface area contributed by atoms with E-state index in [4.69, 9.17) is 4.74 Å². The second-order valence-electron chi connectivity index (χ2n) is 6.55. The Morgan fingerprint density at radius 2 is 2.07 bits per heavy atom. The summed E-state index contributed by atoms with van der Waals surface area (Å²) < 4.78 is 6.14. The number of esters is 1. The van der Waals surface area contributed by atoms with Gasteiger partial charge in [0.25, 0.3) is 5.91 Å². The van der Waals surface area contributed by atoms with Gasteiger partial charge in [0.05, 0.1) is 4.92 Å². The Morgan fingerprint density at radius 3 is 2.79 bits per heavy atom. The molecule has 0 spiro atoms. The molecule has 0 unspecified atom stereocenters. The number of para-hydroxylation sites is 1. The number of fused-ring (bicyclic) bond motifs is 1. The molecule has 2 N–H and O–H groups in total. The van der Waals surface area contributed by atoms with Crippen LogP contribution in [0.4, 0.5) is 5.69 Å². The number of nitrogens with zero attached hydrogens (tertiary/aromatic N) is 3. The topological polar surface area (TPSA) is 132 Å². The number of aryl methyl sites for hydroxylation is 1. The number of benzene rings is 1. The van der Waals surface area contributed by atoms with E-state index in [1.165, 1.54) is 18.5 Å². The van der Waals surface area contributed by atoms with Crippen molar-refractivity contribution in [1.29, 1.82) is 0 Å². The van der Waals surface area contributed by atoms with E-state index in [2.05, 4.69) is 15.4 Å². The van der Waals surface area contributed by atoms with Crippen molar-refractivity contribution in [3.05, 3.63) is 57.5 Å². The zero-order chi connectivity index (χ0) is 21.0. The number of carbonyl (C=O) groups is 2. The van der Waals surface area contributed by atoms with Crippen molar-refractivity contribution in [3.8, 4) is 0 Å². The van der Waals surface area contributed by atoms with E-state index < -0.39 is 23.4 Å². The molecule has 0 fully saturated rings. The minimum Gasteiger partial charge on any atom is -0.454 e. The van der Waals surface area contributed by atoms with E-state index in [9.17, 15) is 19.7 Å². The van der Waals surface area contributed by atoms with Gasteiger partial charge in [0, 0.05) is 23.6 Å². The van der Waals surface area contributed by atoms with Crippen molar-refractivity contribution in [1.82, 2.24) is 20.1 Å². The number of hydrogen-bond acceptors (Lipinski definition) is 6. The fraction of sp³-hybridized carbons (Fsp3) is 0.316. The van der Waals surface area contributed by atoms with Gasteiger partial charge < -0.3 is 15.0 Å². The van der Waals surface area contributed by atoms with Gasteiger partial charge in [0.1, 0.15) is 17.9 Å². The molecule has 2 heterocycles. The quantitative estimate of drug-likeness (QED) is 0.337. The molecule has 2 aromatic heterocycles. The maximum Gasteiger partial charge on any atom is 0.328 e. The molecule has 29 heavy (non-hydrogen) atoms. The van der Waals surface area contributed by atoms with Gasteiger partial charge in [-0.15, -0.1) is 0 Å². The zero-order valence-corrected chi connectivity index (χ0v) is 16.1. The molecular formula is C19H21N5O5. The standard InChI is InChI=1S/C19H21N5O5/c1-12-19(24(27)28)13(2)23(22-12)10-18(26)29-11-17(25)20-8-7-14-9-21-16-6-4-3-5-15(14)16/h3-6,9,21H,7-8,10-11H2,1-2H3,(H,20,25). The monoisotopic (exact) mass is 399 g/mol. The third kappa shape index (κ3) is 4.60. The maximum absolute atomic E-state index is 11.9. The number of hydrogen-bond donors (Lipinski definition) is 2. The van der Waals surface area contributed by atoms with Crippen molar-refractivity contribution in [3.63, 3.8) is 0 Å². The van der Waals surface area contributed by atoms with Crippen molar-refractivity contribution in [2.75, 3.05) is 13.2 Å². The molecule has 1 aromatic carbocycles. The van der Waals surface area contributed by atoms with E-state index >= 15 is 0 Å². The van der Waals surface area contributed by atoms with Gasteiger partial charge >= 0.3 is 11.7 Å². The van der Waals surface area contributed by atoms with Crippen molar-refractivity contribution >= 4 is 28.5 Å². The number of aromatic nitrogens is 3. The summed E-state index contributed by atoms with van der Waals surface area (Å²) in [7, 11) is 0. The minimum absolute atomic E-state index is 0.132. The SMILES string of the molecule is Cc1nn(CC(=O)OCC(=O)NCCc2c[nH]c3ccccc23)c(C)c1[N+](=O)[O-]. The lowest BCUT2D eigenvalue weighted by Gasteiger charge is -2.07. The van der Waals surface area contributed by atoms with E-state index in [0.29, 0.717) is 13.0 Å². The van der Waals surface area contributed by atoms with Gasteiger partial charge in [-0.1, -0.05) is 18.2 Å². The predicted molar refractivity (Wildman–Crippen MR) is 104 cm³/mol. The summed E-state index contributed by atoms with van der Waals surface area (Å²) in [5.41, 5.74) is 2.46. The van der Waals surface area contributed by atoms with Crippen LogP contribution >= 0.6 is 0 Å². The van der Waals surface area contributed by atoms with Gasteiger partial charge in [-0.05, 0) is 31.9 Å². The summed E-state index contributed by atoms with van der Waals surface area (Å²) in [5.74, 6) is -1.12. The highest BCUT2D eigenvalue weighted by Crippen LogP contribution is 2.21. The summed E-state index contributed by atoms with van der Waals surface area (Å²) in [6.07, 6.45) is 2.55. The second-order valence-corrected chi connectivity index (χ2v) is 6.55. The molecule has 0 saturated heterocycles. The molecule has 0 atom stereocenters. The number of rotatable bonds is 8. The number of nitro groups is 1. The highest BCUT2D eigenvalue weighted by Gasteiger charge is 2.23. The number of amides is 1. The summed E-state index contributed by atoms with van der Waals surface area (Å²) in [4.78, 5) is 37.5. The van der Waals surface area contributed by atoms with Crippen LogP contribution in [0.5, 0.6) is 0 Å². The Balaban J connectivity index is 1.44. The molecule has 10 heteroatoms. The summed E-state index contributed by atoms with van der Waals surface area (Å²) in [5, 5.41) is 18.8. The summed E-state index contributed by atoms with van der Waals surface area (Å²) in [6.45, 7) is 2.68. The lowest BCUT2D eigenvalue weighted by molar-refractivity contribution is -0.386. The molecule has 0 aliphatic heterocycles. The average Bonchev–Trinajstić information content (AvgIpc) is 3.21. The zero-order valence-electron chi connectivity index (χ0n) is 16.1. The fourth-order valence-electron chi connectivity index (χ4n) is 3.15. The average molecular weight is 399 g/mol. The number of carbonyl (C=O) groups excluding carboxylic acids is 2. The summed E-state index contributed by atoms with van der Waals surface area (Å²) >= 11 is 0. The first kappa shape index (κ1) is 20.1. The van der Waals surface area contributed by atoms with E-state index in [1.54, 1.807) is 0 Å². The highest BCUT2D eigenvalue weighted by molar-refractivity contribution is 5.83. The third-order valence-electron chi connectivity index (χ3n) is 4.56. The van der Waals surface area contributed by atoms with Crippen molar-refractivity contribution < 1.29 is 19.2 Å². The number of ether oxygens (including phenoxy) is 1. The largest absolute Gasteiger partial charge is 0.454 e. The second kappa shape index (κ2) is 8.55. The van der Waals surface area contributed by atoms with Crippen LogP contribution in [0.2, 0.25) is 0 Å². The van der Waals surface area contributed by atoms with Crippen LogP contribution in [0.1, 0.15) is 17.0 Å². The molecule has 0 aliphatic carbocycles. The van der Waals surface area contributed by atoms with E-state index in [-0.39, 0.29) is 23.6 Å². The molecule has 3 rings (SSSR count). The normalized spacial score (nSPS) is 10.8. The molecule has 152 valence electrons. The Morgan fingerprint density at radius 1 is 1.31 bits per heavy atom. The molecule has 0 bridgehead atoms. The van der Waals surface area contributed by atoms with Crippen LogP contribution in [0, 0.1) is 24.0 Å². The van der Waals surface area contributed by atoms with Gasteiger partial charge in [-0.25, -0.2) is 0 Å². The lowest BCUT2D eigenvalue weighted by Crippen LogP contribution is -2.31. The van der Waals surface area contributed by atoms with Crippen LogP contribution in [0.25, 0.3) is 10.9 Å². The fourth-order valence-corrected chi connectivity index (χ4v) is 3.15. The molecule has 0 aliphatic rings. The molecule has 3 aromatic rings. The van der Waals surface area contributed by atoms with Crippen molar-refractivity contribution in [2.45, 2.75) is 26.8 Å².